The van der Waals surface area contributed by atoms with Crippen molar-refractivity contribution >= 4 is 11.7 Å². The molecule has 1 fully saturated rings. The van der Waals surface area contributed by atoms with Crippen LogP contribution in [0.4, 0.5) is 0 Å². The number of allylic oxidation sites excluding steroid dienone is 1. The molecule has 4 nitrogen and oxygen atoms in total. The van der Waals surface area contributed by atoms with Crippen molar-refractivity contribution in [3.63, 3.8) is 0 Å². The predicted molar refractivity (Wildman–Crippen MR) is 107 cm³/mol. The van der Waals surface area contributed by atoms with Crippen LogP contribution < -0.4 is 0 Å². The van der Waals surface area contributed by atoms with Crippen LogP contribution in [0, 0.1) is 0 Å². The van der Waals surface area contributed by atoms with E-state index < -0.39 is 0 Å². The Kier molecular flexibility index (Phi) is 4.66. The van der Waals surface area contributed by atoms with Crippen molar-refractivity contribution in [1.82, 2.24) is 9.80 Å². The molecule has 0 spiro atoms. The molecule has 1 heterocycles. The number of ketones is 1. The minimum absolute atomic E-state index is 0.0155. The zero-order chi connectivity index (χ0) is 19.0. The first-order chi connectivity index (χ1) is 13.1. The van der Waals surface area contributed by atoms with Crippen molar-refractivity contribution in [1.29, 1.82) is 0 Å². The lowest BCUT2D eigenvalue weighted by Gasteiger charge is -2.34. The smallest absolute Gasteiger partial charge is 0.254 e. The molecule has 0 N–H and O–H groups in total. The first-order valence-corrected chi connectivity index (χ1v) is 9.48. The molecule has 0 aromatic heterocycles. The number of hydrogen-bond donors (Lipinski definition) is 0. The van der Waals surface area contributed by atoms with E-state index in [4.69, 9.17) is 0 Å². The van der Waals surface area contributed by atoms with E-state index in [1.54, 1.807) is 0 Å². The van der Waals surface area contributed by atoms with Crippen LogP contribution in [0.1, 0.15) is 40.1 Å². The number of piperazine rings is 1. The quantitative estimate of drug-likeness (QED) is 0.670. The summed E-state index contributed by atoms with van der Waals surface area (Å²) in [5.41, 5.74) is 4.97. The van der Waals surface area contributed by atoms with Crippen LogP contribution in [-0.4, -0.2) is 54.2 Å². The van der Waals surface area contributed by atoms with Gasteiger partial charge in [0.2, 0.25) is 0 Å². The van der Waals surface area contributed by atoms with E-state index in [2.05, 4.69) is 24.8 Å². The molecule has 138 valence electrons. The highest BCUT2D eigenvalue weighted by molar-refractivity contribution is 6.24. The van der Waals surface area contributed by atoms with Crippen LogP contribution >= 0.6 is 0 Å². The largest absolute Gasteiger partial charge is 0.336 e. The second-order valence-corrected chi connectivity index (χ2v) is 7.48. The zero-order valence-electron chi connectivity index (χ0n) is 15.9. The molecular formula is C23H24N2O2. The molecule has 1 saturated heterocycles. The van der Waals surface area contributed by atoms with Crippen LogP contribution in [0.25, 0.3) is 11.1 Å². The van der Waals surface area contributed by atoms with Gasteiger partial charge in [-0.15, -0.1) is 0 Å². The van der Waals surface area contributed by atoms with Crippen LogP contribution in [0.3, 0.4) is 0 Å². The average molecular weight is 360 g/mol. The normalized spacial score (nSPS) is 16.1. The molecule has 0 radical (unpaired) electrons. The van der Waals surface area contributed by atoms with Crippen molar-refractivity contribution in [2.24, 2.45) is 0 Å². The maximum Gasteiger partial charge on any atom is 0.254 e. The summed E-state index contributed by atoms with van der Waals surface area (Å²) in [4.78, 5) is 30.2. The summed E-state index contributed by atoms with van der Waals surface area (Å²) >= 11 is 0. The lowest BCUT2D eigenvalue weighted by Crippen LogP contribution is -2.48. The standard InChI is InChI=1S/C23H24N2O2/c1-16(2)10-11-24-12-14-25(15-13-24)23(27)20-9-5-8-19-21(20)17-6-3-4-7-18(17)22(19)26/h3-10H,11-15H2,1-2H3. The lowest BCUT2D eigenvalue weighted by atomic mass is 9.98. The molecule has 1 amide bonds. The fourth-order valence-corrected chi connectivity index (χ4v) is 3.87. The van der Waals surface area contributed by atoms with Gasteiger partial charge in [0.05, 0.1) is 0 Å². The summed E-state index contributed by atoms with van der Waals surface area (Å²) in [7, 11) is 0. The maximum absolute atomic E-state index is 13.2. The van der Waals surface area contributed by atoms with E-state index in [-0.39, 0.29) is 11.7 Å². The van der Waals surface area contributed by atoms with Crippen molar-refractivity contribution in [2.75, 3.05) is 32.7 Å². The van der Waals surface area contributed by atoms with Crippen molar-refractivity contribution < 1.29 is 9.59 Å². The molecule has 4 heteroatoms. The first-order valence-electron chi connectivity index (χ1n) is 9.48. The summed E-state index contributed by atoms with van der Waals surface area (Å²) in [6.07, 6.45) is 2.23. The summed E-state index contributed by atoms with van der Waals surface area (Å²) < 4.78 is 0. The molecule has 0 saturated carbocycles. The third kappa shape index (κ3) is 3.21. The van der Waals surface area contributed by atoms with Crippen molar-refractivity contribution in [3.8, 4) is 11.1 Å². The van der Waals surface area contributed by atoms with Gasteiger partial charge in [0.1, 0.15) is 0 Å². The van der Waals surface area contributed by atoms with Crippen LogP contribution in [0.15, 0.2) is 54.1 Å². The first kappa shape index (κ1) is 17.7. The number of nitrogens with zero attached hydrogens (tertiary/aromatic N) is 2. The van der Waals surface area contributed by atoms with Gasteiger partial charge >= 0.3 is 0 Å². The van der Waals surface area contributed by atoms with E-state index >= 15 is 0 Å². The van der Waals surface area contributed by atoms with E-state index in [1.165, 1.54) is 5.57 Å². The Morgan fingerprint density at radius 2 is 1.59 bits per heavy atom. The molecule has 2 aromatic carbocycles. The van der Waals surface area contributed by atoms with Gasteiger partial charge in [-0.25, -0.2) is 0 Å². The number of hydrogen-bond acceptors (Lipinski definition) is 3. The number of rotatable bonds is 3. The molecule has 1 aliphatic carbocycles. The van der Waals surface area contributed by atoms with E-state index in [0.717, 1.165) is 30.8 Å². The Balaban J connectivity index is 1.58. The van der Waals surface area contributed by atoms with Crippen molar-refractivity contribution in [2.45, 2.75) is 13.8 Å². The topological polar surface area (TPSA) is 40.6 Å². The molecule has 0 atom stereocenters. The zero-order valence-corrected chi connectivity index (χ0v) is 15.9. The van der Waals surface area contributed by atoms with E-state index in [0.29, 0.717) is 29.8 Å². The predicted octanol–water partition coefficient (Wildman–Crippen LogP) is 3.62. The van der Waals surface area contributed by atoms with Crippen LogP contribution in [-0.2, 0) is 0 Å². The van der Waals surface area contributed by atoms with Gasteiger partial charge in [-0.2, -0.15) is 0 Å². The fraction of sp³-hybridized carbons (Fsp3) is 0.304. The van der Waals surface area contributed by atoms with Gasteiger partial charge in [0, 0.05) is 55.0 Å². The second-order valence-electron chi connectivity index (χ2n) is 7.48. The SMILES string of the molecule is CC(C)=CCN1CCN(C(=O)c2cccc3c2-c2ccccc2C3=O)CC1. The number of amides is 1. The highest BCUT2D eigenvalue weighted by atomic mass is 16.2. The second kappa shape index (κ2) is 7.12. The Bertz CT molecular complexity index is 933. The summed E-state index contributed by atoms with van der Waals surface area (Å²) in [5, 5.41) is 0. The Hall–Kier alpha value is -2.72. The number of benzene rings is 2. The van der Waals surface area contributed by atoms with Gasteiger partial charge in [0.25, 0.3) is 5.91 Å². The Morgan fingerprint density at radius 3 is 2.30 bits per heavy atom. The van der Waals surface area contributed by atoms with Crippen LogP contribution in [0.5, 0.6) is 0 Å². The minimum atomic E-state index is 0.0155. The van der Waals surface area contributed by atoms with Gasteiger partial charge < -0.3 is 4.90 Å². The third-order valence-corrected chi connectivity index (χ3v) is 5.40. The third-order valence-electron chi connectivity index (χ3n) is 5.40. The highest BCUT2D eigenvalue weighted by Crippen LogP contribution is 2.39. The molecule has 4 rings (SSSR count). The van der Waals surface area contributed by atoms with E-state index in [1.807, 2.05) is 47.4 Å². The molecule has 0 bridgehead atoms. The highest BCUT2D eigenvalue weighted by Gasteiger charge is 2.32. The average Bonchev–Trinajstić information content (AvgIpc) is 2.99. The molecule has 27 heavy (non-hydrogen) atoms. The Morgan fingerprint density at radius 1 is 0.926 bits per heavy atom. The number of carbonyl (C=O) groups is 2. The van der Waals surface area contributed by atoms with Gasteiger partial charge in [-0.3, -0.25) is 14.5 Å². The van der Waals surface area contributed by atoms with Gasteiger partial charge in [0.15, 0.2) is 5.78 Å². The lowest BCUT2D eigenvalue weighted by molar-refractivity contribution is 0.0650. The minimum Gasteiger partial charge on any atom is -0.336 e. The fourth-order valence-electron chi connectivity index (χ4n) is 3.87. The van der Waals surface area contributed by atoms with Gasteiger partial charge in [-0.05, 0) is 25.5 Å². The Labute approximate surface area is 160 Å². The van der Waals surface area contributed by atoms with Crippen molar-refractivity contribution in [3.05, 3.63) is 70.8 Å². The van der Waals surface area contributed by atoms with E-state index in [9.17, 15) is 9.59 Å². The monoisotopic (exact) mass is 360 g/mol. The summed E-state index contributed by atoms with van der Waals surface area (Å²) in [5.74, 6) is 0.0417. The molecule has 0 unspecified atom stereocenters. The number of fused-ring (bicyclic) bond motifs is 3. The number of carbonyl (C=O) groups excluding carboxylic acids is 2. The summed E-state index contributed by atoms with van der Waals surface area (Å²) in [6, 6.07) is 13.1. The molecule has 2 aliphatic rings. The molecule has 1 aliphatic heterocycles. The van der Waals surface area contributed by atoms with Crippen LogP contribution in [0.2, 0.25) is 0 Å². The summed E-state index contributed by atoms with van der Waals surface area (Å²) in [6.45, 7) is 8.33. The van der Waals surface area contributed by atoms with Gasteiger partial charge in [-0.1, -0.05) is 48.0 Å². The molecule has 2 aromatic rings. The maximum atomic E-state index is 13.2. The molecular weight excluding hydrogens is 336 g/mol.